The molecule has 1 fully saturated rings. The molecular formula is C27H37N3O6S. The molecule has 9 nitrogen and oxygen atoms in total. The van der Waals surface area contributed by atoms with E-state index in [1.165, 1.54) is 15.3 Å². The zero-order valence-corrected chi connectivity index (χ0v) is 23.0. The quantitative estimate of drug-likeness (QED) is 0.509. The van der Waals surface area contributed by atoms with Gasteiger partial charge in [0.25, 0.3) is 15.9 Å². The number of carboxylic acid groups (broad SMARTS) is 1. The number of hydrogen-bond donors (Lipinski definition) is 2. The molecule has 0 saturated carbocycles. The number of aliphatic hydroxyl groups excluding tert-OH is 1. The normalized spacial score (nSPS) is 14.6. The van der Waals surface area contributed by atoms with Crippen LogP contribution < -0.4 is 9.21 Å². The molecule has 3 rings (SSSR count). The van der Waals surface area contributed by atoms with Crippen molar-refractivity contribution in [3.63, 3.8) is 0 Å². The van der Waals surface area contributed by atoms with E-state index in [0.29, 0.717) is 54.0 Å². The van der Waals surface area contributed by atoms with Gasteiger partial charge >= 0.3 is 5.97 Å². The molecule has 10 heteroatoms. The van der Waals surface area contributed by atoms with E-state index in [9.17, 15) is 28.2 Å². The zero-order valence-electron chi connectivity index (χ0n) is 22.1. The Balaban J connectivity index is 1.98. The highest BCUT2D eigenvalue weighted by molar-refractivity contribution is 7.92. The van der Waals surface area contributed by atoms with Gasteiger partial charge in [0.1, 0.15) is 0 Å². The van der Waals surface area contributed by atoms with Crippen molar-refractivity contribution in [2.24, 2.45) is 11.8 Å². The van der Waals surface area contributed by atoms with Crippen molar-refractivity contribution in [3.05, 3.63) is 53.1 Å². The van der Waals surface area contributed by atoms with Crippen molar-refractivity contribution in [1.29, 1.82) is 0 Å². The highest BCUT2D eigenvalue weighted by atomic mass is 32.2. The first-order valence-electron chi connectivity index (χ1n) is 12.4. The number of aliphatic hydroxyl groups is 1. The van der Waals surface area contributed by atoms with E-state index < -0.39 is 16.0 Å². The zero-order chi connectivity index (χ0) is 27.5. The van der Waals surface area contributed by atoms with Gasteiger partial charge in [-0.15, -0.1) is 0 Å². The second-order valence-electron chi connectivity index (χ2n) is 10.2. The molecule has 0 aromatic heterocycles. The molecular weight excluding hydrogens is 494 g/mol. The van der Waals surface area contributed by atoms with E-state index >= 15 is 0 Å². The number of piperidine rings is 1. The molecule has 2 aromatic rings. The van der Waals surface area contributed by atoms with Crippen LogP contribution in [0.4, 0.5) is 11.4 Å². The summed E-state index contributed by atoms with van der Waals surface area (Å²) in [6, 6.07) is 9.74. The molecule has 202 valence electrons. The molecule has 1 heterocycles. The number of sulfonamides is 1. The van der Waals surface area contributed by atoms with Gasteiger partial charge in [-0.3, -0.25) is 13.9 Å². The number of carbonyl (C=O) groups is 2. The topological polar surface area (TPSA) is 118 Å². The molecule has 0 aliphatic carbocycles. The average Bonchev–Trinajstić information content (AvgIpc) is 2.86. The van der Waals surface area contributed by atoms with Crippen molar-refractivity contribution in [1.82, 2.24) is 4.90 Å². The lowest BCUT2D eigenvalue weighted by Crippen LogP contribution is -2.37. The Labute approximate surface area is 219 Å². The summed E-state index contributed by atoms with van der Waals surface area (Å²) in [6.07, 6.45) is 0.988. The SMILES string of the molecule is Cc1cc(C(=O)N(C)C)ccc1N(CC(C)C)S(=O)(=O)c1ccc(N2CCC(C(=O)O)CC2)c(CO)c1. The number of benzene rings is 2. The number of rotatable bonds is 9. The highest BCUT2D eigenvalue weighted by Crippen LogP contribution is 2.33. The fraction of sp³-hybridized carbons (Fsp3) is 0.481. The summed E-state index contributed by atoms with van der Waals surface area (Å²) in [5, 5.41) is 19.4. The van der Waals surface area contributed by atoms with Gasteiger partial charge < -0.3 is 20.0 Å². The van der Waals surface area contributed by atoms with Gasteiger partial charge in [-0.2, -0.15) is 0 Å². The first-order chi connectivity index (χ1) is 17.4. The number of carboxylic acids is 1. The molecule has 1 aliphatic rings. The van der Waals surface area contributed by atoms with Crippen LogP contribution in [0.15, 0.2) is 41.3 Å². The molecule has 37 heavy (non-hydrogen) atoms. The van der Waals surface area contributed by atoms with Crippen LogP contribution in [-0.2, 0) is 21.4 Å². The number of aryl methyl sites for hydroxylation is 1. The van der Waals surface area contributed by atoms with Crippen LogP contribution in [0.25, 0.3) is 0 Å². The first-order valence-corrected chi connectivity index (χ1v) is 13.9. The van der Waals surface area contributed by atoms with Crippen LogP contribution in [0.3, 0.4) is 0 Å². The molecule has 1 aliphatic heterocycles. The minimum absolute atomic E-state index is 0.0318. The lowest BCUT2D eigenvalue weighted by atomic mass is 9.96. The molecule has 0 radical (unpaired) electrons. The first kappa shape index (κ1) is 28.5. The third-order valence-electron chi connectivity index (χ3n) is 6.64. The maximum absolute atomic E-state index is 13.9. The second-order valence-corrected chi connectivity index (χ2v) is 12.0. The van der Waals surface area contributed by atoms with E-state index in [1.54, 1.807) is 51.4 Å². The fourth-order valence-corrected chi connectivity index (χ4v) is 6.38. The lowest BCUT2D eigenvalue weighted by Gasteiger charge is -2.33. The van der Waals surface area contributed by atoms with Crippen molar-refractivity contribution < 1.29 is 28.2 Å². The predicted octanol–water partition coefficient (Wildman–Crippen LogP) is 3.34. The number of aliphatic carboxylic acids is 1. The molecule has 2 aromatic carbocycles. The average molecular weight is 532 g/mol. The molecule has 2 N–H and O–H groups in total. The van der Waals surface area contributed by atoms with E-state index in [1.807, 2.05) is 18.7 Å². The molecule has 1 amide bonds. The summed E-state index contributed by atoms with van der Waals surface area (Å²) < 4.78 is 29.2. The van der Waals surface area contributed by atoms with E-state index in [0.717, 1.165) is 0 Å². The largest absolute Gasteiger partial charge is 0.481 e. The summed E-state index contributed by atoms with van der Waals surface area (Å²) in [7, 11) is -0.661. The molecule has 0 spiro atoms. The van der Waals surface area contributed by atoms with E-state index in [2.05, 4.69) is 0 Å². The number of nitrogens with zero attached hydrogens (tertiary/aromatic N) is 3. The smallest absolute Gasteiger partial charge is 0.306 e. The van der Waals surface area contributed by atoms with Gasteiger partial charge in [-0.1, -0.05) is 13.8 Å². The van der Waals surface area contributed by atoms with Crippen LogP contribution in [0.5, 0.6) is 0 Å². The second kappa shape index (κ2) is 11.5. The Morgan fingerprint density at radius 1 is 1.08 bits per heavy atom. The molecule has 0 atom stereocenters. The van der Waals surface area contributed by atoms with Gasteiger partial charge in [-0.05, 0) is 67.6 Å². The number of amides is 1. The fourth-order valence-electron chi connectivity index (χ4n) is 4.64. The van der Waals surface area contributed by atoms with Gasteiger partial charge in [0, 0.05) is 50.5 Å². The summed E-state index contributed by atoms with van der Waals surface area (Å²) in [4.78, 5) is 27.2. The maximum atomic E-state index is 13.9. The van der Waals surface area contributed by atoms with Crippen molar-refractivity contribution >= 4 is 33.3 Å². The Kier molecular flexibility index (Phi) is 8.86. The Hall–Kier alpha value is -3.11. The Bertz CT molecular complexity index is 1250. The van der Waals surface area contributed by atoms with Crippen LogP contribution >= 0.6 is 0 Å². The molecule has 1 saturated heterocycles. The Morgan fingerprint density at radius 3 is 2.24 bits per heavy atom. The highest BCUT2D eigenvalue weighted by Gasteiger charge is 2.30. The molecule has 0 unspecified atom stereocenters. The minimum Gasteiger partial charge on any atom is -0.481 e. The van der Waals surface area contributed by atoms with Crippen molar-refractivity contribution in [2.45, 2.75) is 45.1 Å². The monoisotopic (exact) mass is 531 g/mol. The van der Waals surface area contributed by atoms with Gasteiger partial charge in [-0.25, -0.2) is 8.42 Å². The molecule has 0 bridgehead atoms. The Morgan fingerprint density at radius 2 is 1.73 bits per heavy atom. The van der Waals surface area contributed by atoms with Gasteiger partial charge in [0.05, 0.1) is 23.1 Å². The van der Waals surface area contributed by atoms with Crippen LogP contribution in [0.2, 0.25) is 0 Å². The summed E-state index contributed by atoms with van der Waals surface area (Å²) in [5.74, 6) is -1.32. The van der Waals surface area contributed by atoms with E-state index in [4.69, 9.17) is 0 Å². The lowest BCUT2D eigenvalue weighted by molar-refractivity contribution is -0.142. The van der Waals surface area contributed by atoms with E-state index in [-0.39, 0.29) is 35.8 Å². The van der Waals surface area contributed by atoms with Gasteiger partial charge in [0.15, 0.2) is 0 Å². The standard InChI is InChI=1S/C27H37N3O6S/c1-18(2)16-30(24-8-6-21(14-19(24)3)26(32)28(4)5)37(35,36)23-7-9-25(22(15-23)17-31)29-12-10-20(11-13-29)27(33)34/h6-9,14-15,18,20,31H,10-13,16-17H2,1-5H3,(H,33,34). The number of anilines is 2. The van der Waals surface area contributed by atoms with Crippen LogP contribution in [-0.4, -0.2) is 69.1 Å². The maximum Gasteiger partial charge on any atom is 0.306 e. The third-order valence-corrected chi connectivity index (χ3v) is 8.42. The van der Waals surface area contributed by atoms with Crippen LogP contribution in [0.1, 0.15) is 48.2 Å². The minimum atomic E-state index is -3.99. The number of hydrogen-bond acceptors (Lipinski definition) is 6. The van der Waals surface area contributed by atoms with Crippen LogP contribution in [0, 0.1) is 18.8 Å². The summed E-state index contributed by atoms with van der Waals surface area (Å²) in [6.45, 7) is 6.59. The van der Waals surface area contributed by atoms with Gasteiger partial charge in [0.2, 0.25) is 0 Å². The third kappa shape index (κ3) is 6.24. The summed E-state index contributed by atoms with van der Waals surface area (Å²) >= 11 is 0. The van der Waals surface area contributed by atoms with Crippen molar-refractivity contribution in [2.75, 3.05) is 42.9 Å². The summed E-state index contributed by atoms with van der Waals surface area (Å²) in [5.41, 5.74) is 2.82. The van der Waals surface area contributed by atoms with Crippen molar-refractivity contribution in [3.8, 4) is 0 Å². The number of carbonyl (C=O) groups excluding carboxylic acids is 1. The predicted molar refractivity (Wildman–Crippen MR) is 144 cm³/mol.